The van der Waals surface area contributed by atoms with Crippen LogP contribution in [0.2, 0.25) is 0 Å². The number of amides is 3. The van der Waals surface area contributed by atoms with Gasteiger partial charge in [0.1, 0.15) is 34.9 Å². The predicted octanol–water partition coefficient (Wildman–Crippen LogP) is 4.68. The quantitative estimate of drug-likeness (QED) is 0.250. The largest absolute Gasteiger partial charge is 0.489 e. The van der Waals surface area contributed by atoms with Crippen molar-refractivity contribution in [1.29, 1.82) is 0 Å². The number of nitrogens with two attached hydrogens (primary N) is 1. The summed E-state index contributed by atoms with van der Waals surface area (Å²) in [5.74, 6) is -0.939. The minimum Gasteiger partial charge on any atom is -0.489 e. The van der Waals surface area contributed by atoms with Crippen molar-refractivity contribution in [2.45, 2.75) is 44.1 Å². The molecule has 0 radical (unpaired) electrons. The Balaban J connectivity index is 1.30. The lowest BCUT2D eigenvalue weighted by Gasteiger charge is -2.31. The molecular weight excluding hydrogens is 565 g/mol. The molecule has 44 heavy (non-hydrogen) atoms. The van der Waals surface area contributed by atoms with Gasteiger partial charge in [-0.1, -0.05) is 6.07 Å². The van der Waals surface area contributed by atoms with E-state index in [1.807, 2.05) is 6.07 Å². The second kappa shape index (κ2) is 11.0. The molecule has 0 spiro atoms. The highest BCUT2D eigenvalue weighted by molar-refractivity contribution is 6.06. The zero-order valence-electron chi connectivity index (χ0n) is 24.4. The standard InChI is InChI=1S/C33H32FN5O5/c1-32(30(35)41)18-44-29-23(32)17-26(38-28(29)19-6-8-22(34)9-7-19)33(2,43)11-10-25(40)21-15-20-5-3-12-36-27(20)24(16-21)37-31(42)39-13-4-14-39/h3,5-9,12,15-17,43H,4,10-11,13-14,18H2,1-2H3,(H2,35,41)(H,37,42)/t32-,33-/m0/s1. The van der Waals surface area contributed by atoms with Gasteiger partial charge in [-0.05, 0) is 75.2 Å². The molecule has 6 rings (SSSR count). The van der Waals surface area contributed by atoms with Crippen LogP contribution in [0.4, 0.5) is 14.9 Å². The summed E-state index contributed by atoms with van der Waals surface area (Å²) in [5, 5.41) is 15.3. The molecule has 0 bridgehead atoms. The van der Waals surface area contributed by atoms with Gasteiger partial charge >= 0.3 is 6.03 Å². The van der Waals surface area contributed by atoms with Gasteiger partial charge in [-0.15, -0.1) is 0 Å². The molecule has 0 unspecified atom stereocenters. The number of primary amides is 1. The van der Waals surface area contributed by atoms with Gasteiger partial charge < -0.3 is 25.8 Å². The van der Waals surface area contributed by atoms with E-state index in [0.717, 1.165) is 6.42 Å². The van der Waals surface area contributed by atoms with Gasteiger partial charge in [-0.2, -0.15) is 0 Å². The summed E-state index contributed by atoms with van der Waals surface area (Å²) in [5.41, 5.74) is 5.89. The molecule has 4 heterocycles. The summed E-state index contributed by atoms with van der Waals surface area (Å²) in [6.07, 6.45) is 2.52. The number of fused-ring (bicyclic) bond motifs is 2. The SMILES string of the molecule is C[C@](O)(CCC(=O)c1cc(NC(=O)N2CCC2)c2ncccc2c1)c1cc2c(c(-c3ccc(F)cc3)n1)OC[C@]2(C)C(N)=O. The number of ether oxygens (including phenoxy) is 1. The number of likely N-dealkylation sites (tertiary alicyclic amines) is 1. The lowest BCUT2D eigenvalue weighted by atomic mass is 9.81. The monoisotopic (exact) mass is 597 g/mol. The maximum atomic E-state index is 13.7. The summed E-state index contributed by atoms with van der Waals surface area (Å²) < 4.78 is 19.6. The summed E-state index contributed by atoms with van der Waals surface area (Å²) in [4.78, 5) is 49.4. The fourth-order valence-electron chi connectivity index (χ4n) is 5.46. The summed E-state index contributed by atoms with van der Waals surface area (Å²) in [7, 11) is 0. The van der Waals surface area contributed by atoms with Gasteiger partial charge in [0.05, 0.1) is 16.9 Å². The fraction of sp³-hybridized carbons (Fsp3) is 0.303. The number of hydrogen-bond acceptors (Lipinski definition) is 7. The van der Waals surface area contributed by atoms with Crippen molar-refractivity contribution in [2.75, 3.05) is 25.0 Å². The molecule has 2 aliphatic rings. The first-order chi connectivity index (χ1) is 21.0. The number of nitrogens with zero attached hydrogens (tertiary/aromatic N) is 3. The molecule has 4 aromatic rings. The molecule has 0 aliphatic carbocycles. The van der Waals surface area contributed by atoms with Crippen molar-refractivity contribution in [2.24, 2.45) is 5.73 Å². The van der Waals surface area contributed by atoms with E-state index in [0.29, 0.717) is 57.8 Å². The average Bonchev–Trinajstić information content (AvgIpc) is 3.33. The Labute approximate surface area is 253 Å². The molecule has 3 amide bonds. The molecule has 2 atom stereocenters. The first kappa shape index (κ1) is 29.2. The third-order valence-corrected chi connectivity index (χ3v) is 8.54. The van der Waals surface area contributed by atoms with Crippen LogP contribution in [0.3, 0.4) is 0 Å². The number of hydrogen-bond donors (Lipinski definition) is 3. The minimum atomic E-state index is -1.60. The number of carbonyl (C=O) groups is 3. The lowest BCUT2D eigenvalue weighted by Crippen LogP contribution is -2.44. The highest BCUT2D eigenvalue weighted by atomic mass is 19.1. The van der Waals surface area contributed by atoms with Crippen molar-refractivity contribution in [3.8, 4) is 17.0 Å². The van der Waals surface area contributed by atoms with Crippen LogP contribution in [0.15, 0.2) is 60.8 Å². The Hall–Kier alpha value is -4.90. The number of aromatic nitrogens is 2. The van der Waals surface area contributed by atoms with Gasteiger partial charge in [-0.25, -0.2) is 14.2 Å². The highest BCUT2D eigenvalue weighted by Crippen LogP contribution is 2.46. The molecule has 4 N–H and O–H groups in total. The van der Waals surface area contributed by atoms with E-state index in [9.17, 15) is 23.9 Å². The van der Waals surface area contributed by atoms with Crippen LogP contribution in [0.5, 0.6) is 5.75 Å². The zero-order valence-corrected chi connectivity index (χ0v) is 24.4. The number of urea groups is 1. The normalized spacial score (nSPS) is 18.6. The second-order valence-electron chi connectivity index (χ2n) is 11.8. The van der Waals surface area contributed by atoms with E-state index in [-0.39, 0.29) is 37.0 Å². The fourth-order valence-corrected chi connectivity index (χ4v) is 5.46. The van der Waals surface area contributed by atoms with Gasteiger partial charge in [0.2, 0.25) is 5.91 Å². The van der Waals surface area contributed by atoms with Crippen molar-refractivity contribution in [3.05, 3.63) is 83.4 Å². The Morgan fingerprint density at radius 3 is 2.59 bits per heavy atom. The third kappa shape index (κ3) is 5.24. The van der Waals surface area contributed by atoms with Crippen LogP contribution in [-0.4, -0.2) is 57.4 Å². The third-order valence-electron chi connectivity index (χ3n) is 8.54. The number of rotatable bonds is 8. The molecular formula is C33H32FN5O5. The highest BCUT2D eigenvalue weighted by Gasteiger charge is 2.45. The number of anilines is 1. The average molecular weight is 598 g/mol. The maximum absolute atomic E-state index is 13.7. The van der Waals surface area contributed by atoms with Crippen LogP contribution < -0.4 is 15.8 Å². The lowest BCUT2D eigenvalue weighted by molar-refractivity contribution is -0.123. The van der Waals surface area contributed by atoms with Gasteiger partial charge in [0.15, 0.2) is 5.78 Å². The van der Waals surface area contributed by atoms with E-state index < -0.39 is 22.7 Å². The molecule has 2 aliphatic heterocycles. The van der Waals surface area contributed by atoms with E-state index >= 15 is 0 Å². The van der Waals surface area contributed by atoms with E-state index in [1.165, 1.54) is 24.3 Å². The zero-order chi connectivity index (χ0) is 31.2. The van der Waals surface area contributed by atoms with Crippen LogP contribution in [-0.2, 0) is 15.8 Å². The maximum Gasteiger partial charge on any atom is 0.321 e. The van der Waals surface area contributed by atoms with E-state index in [2.05, 4.69) is 15.3 Å². The van der Waals surface area contributed by atoms with Crippen molar-refractivity contribution in [1.82, 2.24) is 14.9 Å². The van der Waals surface area contributed by atoms with Crippen LogP contribution in [0, 0.1) is 5.82 Å². The van der Waals surface area contributed by atoms with Gasteiger partial charge in [-0.3, -0.25) is 14.6 Å². The predicted molar refractivity (Wildman–Crippen MR) is 162 cm³/mol. The van der Waals surface area contributed by atoms with Crippen LogP contribution in [0.25, 0.3) is 22.2 Å². The summed E-state index contributed by atoms with van der Waals surface area (Å²) >= 11 is 0. The Kier molecular flexibility index (Phi) is 7.28. The molecule has 226 valence electrons. The van der Waals surface area contributed by atoms with E-state index in [4.69, 9.17) is 10.5 Å². The molecule has 2 aromatic carbocycles. The number of benzene rings is 2. The molecule has 1 fully saturated rings. The van der Waals surface area contributed by atoms with Crippen LogP contribution >= 0.6 is 0 Å². The Morgan fingerprint density at radius 1 is 1.16 bits per heavy atom. The summed E-state index contributed by atoms with van der Waals surface area (Å²) in [6.45, 7) is 4.55. The van der Waals surface area contributed by atoms with Crippen molar-refractivity contribution >= 4 is 34.3 Å². The second-order valence-corrected chi connectivity index (χ2v) is 11.8. The number of halogens is 1. The first-order valence-corrected chi connectivity index (χ1v) is 14.4. The molecule has 10 nitrogen and oxygen atoms in total. The summed E-state index contributed by atoms with van der Waals surface area (Å²) in [6, 6.07) is 13.9. The number of aliphatic hydroxyl groups is 1. The minimum absolute atomic E-state index is 0.00479. The van der Waals surface area contributed by atoms with Gasteiger partial charge in [0, 0.05) is 47.8 Å². The van der Waals surface area contributed by atoms with E-state index in [1.54, 1.807) is 49.2 Å². The molecule has 0 saturated carbocycles. The molecule has 11 heteroatoms. The number of nitrogens with one attached hydrogen (secondary N) is 1. The van der Waals surface area contributed by atoms with Crippen LogP contribution in [0.1, 0.15) is 54.7 Å². The molecule has 2 aromatic heterocycles. The van der Waals surface area contributed by atoms with Crippen molar-refractivity contribution in [3.63, 3.8) is 0 Å². The number of ketones is 1. The number of Topliss-reactive ketones (excluding diaryl/α,β-unsaturated/α-hetero) is 1. The first-order valence-electron chi connectivity index (χ1n) is 14.4. The Morgan fingerprint density at radius 2 is 1.91 bits per heavy atom. The smallest absolute Gasteiger partial charge is 0.321 e. The van der Waals surface area contributed by atoms with Gasteiger partial charge in [0.25, 0.3) is 0 Å². The molecule has 1 saturated heterocycles. The van der Waals surface area contributed by atoms with Crippen molar-refractivity contribution < 1.29 is 28.6 Å². The Bertz CT molecular complexity index is 1800. The number of pyridine rings is 2. The number of carbonyl (C=O) groups excluding carboxylic acids is 3. The topological polar surface area (TPSA) is 148 Å².